The zero-order chi connectivity index (χ0) is 12.0. The molecule has 1 unspecified atom stereocenters. The molecule has 1 amide bonds. The van der Waals surface area contributed by atoms with Crippen LogP contribution >= 0.6 is 15.9 Å². The van der Waals surface area contributed by atoms with Crippen molar-refractivity contribution in [1.29, 1.82) is 0 Å². The summed E-state index contributed by atoms with van der Waals surface area (Å²) < 4.78 is 6.17. The van der Waals surface area contributed by atoms with Crippen LogP contribution < -0.4 is 10.1 Å². The van der Waals surface area contributed by atoms with Crippen LogP contribution in [0.5, 0.6) is 5.75 Å². The lowest BCUT2D eigenvalue weighted by molar-refractivity contribution is -0.127. The molecule has 0 saturated carbocycles. The van der Waals surface area contributed by atoms with E-state index in [1.54, 1.807) is 25.3 Å². The molecule has 16 heavy (non-hydrogen) atoms. The summed E-state index contributed by atoms with van der Waals surface area (Å²) in [4.78, 5) is 15.5. The molecule has 1 aromatic heterocycles. The Balaban J connectivity index is 2.47. The van der Waals surface area contributed by atoms with Gasteiger partial charge in [0.25, 0.3) is 5.91 Å². The van der Waals surface area contributed by atoms with Gasteiger partial charge in [0, 0.05) is 6.54 Å². The molecule has 0 bridgehead atoms. The molecule has 0 aliphatic heterocycles. The van der Waals surface area contributed by atoms with Crippen LogP contribution in [0.2, 0.25) is 0 Å². The van der Waals surface area contributed by atoms with Crippen molar-refractivity contribution in [1.82, 2.24) is 10.3 Å². The molecule has 0 aliphatic carbocycles. The molecular formula is C11H15BrN2O2. The number of rotatable bonds is 5. The van der Waals surface area contributed by atoms with E-state index < -0.39 is 6.10 Å². The third-order valence-corrected chi connectivity index (χ3v) is 2.40. The first kappa shape index (κ1) is 13.0. The van der Waals surface area contributed by atoms with E-state index in [1.165, 1.54) is 0 Å². The lowest BCUT2D eigenvalue weighted by Gasteiger charge is -2.13. The average molecular weight is 287 g/mol. The van der Waals surface area contributed by atoms with Crippen LogP contribution in [0.4, 0.5) is 0 Å². The number of hydrogen-bond donors (Lipinski definition) is 1. The molecule has 88 valence electrons. The SMILES string of the molecule is CCCNC(=O)C(C)Oc1ccc(Br)nc1. The van der Waals surface area contributed by atoms with Crippen LogP contribution in [0.15, 0.2) is 22.9 Å². The highest BCUT2D eigenvalue weighted by Gasteiger charge is 2.13. The van der Waals surface area contributed by atoms with Gasteiger partial charge in [-0.2, -0.15) is 0 Å². The summed E-state index contributed by atoms with van der Waals surface area (Å²) in [5.41, 5.74) is 0. The number of carbonyl (C=O) groups is 1. The number of pyridine rings is 1. The molecule has 1 atom stereocenters. The molecule has 1 heterocycles. The Bertz CT molecular complexity index is 340. The zero-order valence-electron chi connectivity index (χ0n) is 9.37. The molecule has 1 N–H and O–H groups in total. The zero-order valence-corrected chi connectivity index (χ0v) is 11.0. The summed E-state index contributed by atoms with van der Waals surface area (Å²) in [5.74, 6) is 0.479. The van der Waals surface area contributed by atoms with Crippen molar-refractivity contribution in [2.24, 2.45) is 0 Å². The van der Waals surface area contributed by atoms with Crippen LogP contribution in [-0.4, -0.2) is 23.5 Å². The summed E-state index contributed by atoms with van der Waals surface area (Å²) in [7, 11) is 0. The first-order valence-corrected chi connectivity index (χ1v) is 5.98. The molecule has 0 saturated heterocycles. The Morgan fingerprint density at radius 1 is 1.62 bits per heavy atom. The minimum Gasteiger partial charge on any atom is -0.479 e. The number of hydrogen-bond acceptors (Lipinski definition) is 3. The molecule has 0 radical (unpaired) electrons. The van der Waals surface area contributed by atoms with Gasteiger partial charge >= 0.3 is 0 Å². The van der Waals surface area contributed by atoms with E-state index >= 15 is 0 Å². The smallest absolute Gasteiger partial charge is 0.260 e. The summed E-state index contributed by atoms with van der Waals surface area (Å²) in [5, 5.41) is 2.77. The molecule has 1 rings (SSSR count). The second-order valence-electron chi connectivity index (χ2n) is 3.37. The van der Waals surface area contributed by atoms with Crippen LogP contribution in [0.25, 0.3) is 0 Å². The summed E-state index contributed by atoms with van der Waals surface area (Å²) in [6, 6.07) is 3.53. The van der Waals surface area contributed by atoms with E-state index in [2.05, 4.69) is 26.2 Å². The predicted octanol–water partition coefficient (Wildman–Crippen LogP) is 2.14. The third kappa shape index (κ3) is 4.18. The molecule has 0 spiro atoms. The average Bonchev–Trinajstić information content (AvgIpc) is 2.29. The third-order valence-electron chi connectivity index (χ3n) is 1.93. The van der Waals surface area contributed by atoms with E-state index in [1.807, 2.05) is 6.92 Å². The van der Waals surface area contributed by atoms with Gasteiger partial charge in [-0.25, -0.2) is 4.98 Å². The molecule has 0 aromatic carbocycles. The van der Waals surface area contributed by atoms with Gasteiger partial charge in [0.1, 0.15) is 10.4 Å². The monoisotopic (exact) mass is 286 g/mol. The normalized spacial score (nSPS) is 11.9. The second kappa shape index (κ2) is 6.48. The number of ether oxygens (including phenoxy) is 1. The van der Waals surface area contributed by atoms with Crippen LogP contribution in [0.1, 0.15) is 20.3 Å². The van der Waals surface area contributed by atoms with Crippen molar-refractivity contribution in [2.45, 2.75) is 26.4 Å². The largest absolute Gasteiger partial charge is 0.479 e. The molecule has 4 nitrogen and oxygen atoms in total. The maximum absolute atomic E-state index is 11.5. The van der Waals surface area contributed by atoms with Crippen LogP contribution in [0.3, 0.4) is 0 Å². The Morgan fingerprint density at radius 3 is 2.94 bits per heavy atom. The fraction of sp³-hybridized carbons (Fsp3) is 0.455. The maximum atomic E-state index is 11.5. The minimum atomic E-state index is -0.505. The van der Waals surface area contributed by atoms with E-state index in [4.69, 9.17) is 4.74 Å². The lowest BCUT2D eigenvalue weighted by atomic mass is 10.3. The van der Waals surface area contributed by atoms with Gasteiger partial charge in [0.05, 0.1) is 6.20 Å². The molecule has 0 fully saturated rings. The Hall–Kier alpha value is -1.10. The minimum absolute atomic E-state index is 0.107. The van der Waals surface area contributed by atoms with Crippen LogP contribution in [-0.2, 0) is 4.79 Å². The lowest BCUT2D eigenvalue weighted by Crippen LogP contribution is -2.36. The number of halogens is 1. The molecule has 5 heteroatoms. The highest BCUT2D eigenvalue weighted by molar-refractivity contribution is 9.10. The predicted molar refractivity (Wildman–Crippen MR) is 65.3 cm³/mol. The van der Waals surface area contributed by atoms with Crippen molar-refractivity contribution in [2.75, 3.05) is 6.54 Å². The van der Waals surface area contributed by atoms with E-state index in [0.29, 0.717) is 12.3 Å². The quantitative estimate of drug-likeness (QED) is 0.844. The fourth-order valence-corrected chi connectivity index (χ4v) is 1.32. The number of aromatic nitrogens is 1. The van der Waals surface area contributed by atoms with Gasteiger partial charge in [-0.3, -0.25) is 4.79 Å². The van der Waals surface area contributed by atoms with Crippen molar-refractivity contribution < 1.29 is 9.53 Å². The highest BCUT2D eigenvalue weighted by atomic mass is 79.9. The molecular weight excluding hydrogens is 272 g/mol. The van der Waals surface area contributed by atoms with Crippen molar-refractivity contribution in [3.8, 4) is 5.75 Å². The Labute approximate surface area is 104 Å². The molecule has 0 aliphatic rings. The standard InChI is InChI=1S/C11H15BrN2O2/c1-3-6-13-11(15)8(2)16-9-4-5-10(12)14-7-9/h4-5,7-8H,3,6H2,1-2H3,(H,13,15). The van der Waals surface area contributed by atoms with Gasteiger partial charge < -0.3 is 10.1 Å². The van der Waals surface area contributed by atoms with Crippen molar-refractivity contribution >= 4 is 21.8 Å². The van der Waals surface area contributed by atoms with Gasteiger partial charge in [-0.1, -0.05) is 6.92 Å². The number of amides is 1. The topological polar surface area (TPSA) is 51.2 Å². The summed E-state index contributed by atoms with van der Waals surface area (Å²) in [6.07, 6.45) is 1.99. The first-order chi connectivity index (χ1) is 7.63. The first-order valence-electron chi connectivity index (χ1n) is 5.19. The van der Waals surface area contributed by atoms with Gasteiger partial charge in [0.2, 0.25) is 0 Å². The Morgan fingerprint density at radius 2 is 2.38 bits per heavy atom. The molecule has 1 aromatic rings. The fourth-order valence-electron chi connectivity index (χ4n) is 1.08. The van der Waals surface area contributed by atoms with Gasteiger partial charge in [0.15, 0.2) is 6.10 Å². The van der Waals surface area contributed by atoms with Crippen LogP contribution in [0, 0.1) is 0 Å². The van der Waals surface area contributed by atoms with Gasteiger partial charge in [-0.05, 0) is 41.4 Å². The van der Waals surface area contributed by atoms with E-state index in [-0.39, 0.29) is 5.91 Å². The second-order valence-corrected chi connectivity index (χ2v) is 4.18. The number of carbonyl (C=O) groups excluding carboxylic acids is 1. The van der Waals surface area contributed by atoms with E-state index in [9.17, 15) is 4.79 Å². The van der Waals surface area contributed by atoms with E-state index in [0.717, 1.165) is 11.0 Å². The summed E-state index contributed by atoms with van der Waals surface area (Å²) >= 11 is 3.23. The van der Waals surface area contributed by atoms with Crippen molar-refractivity contribution in [3.63, 3.8) is 0 Å². The number of nitrogens with one attached hydrogen (secondary N) is 1. The Kier molecular flexibility index (Phi) is 5.25. The van der Waals surface area contributed by atoms with Crippen molar-refractivity contribution in [3.05, 3.63) is 22.9 Å². The highest BCUT2D eigenvalue weighted by Crippen LogP contribution is 2.14. The van der Waals surface area contributed by atoms with Gasteiger partial charge in [-0.15, -0.1) is 0 Å². The summed E-state index contributed by atoms with van der Waals surface area (Å²) in [6.45, 7) is 4.39. The maximum Gasteiger partial charge on any atom is 0.260 e. The number of nitrogens with zero attached hydrogens (tertiary/aromatic N) is 1.